The third-order valence-corrected chi connectivity index (χ3v) is 3.93. The van der Waals surface area contributed by atoms with Gasteiger partial charge in [-0.1, -0.05) is 12.1 Å². The van der Waals surface area contributed by atoms with Gasteiger partial charge >= 0.3 is 0 Å². The van der Waals surface area contributed by atoms with E-state index in [2.05, 4.69) is 26.0 Å². The van der Waals surface area contributed by atoms with Crippen LogP contribution >= 0.6 is 0 Å². The Balaban J connectivity index is 2.04. The molecule has 2 nitrogen and oxygen atoms in total. The molecule has 0 unspecified atom stereocenters. The number of hydrogen-bond acceptors (Lipinski definition) is 1. The summed E-state index contributed by atoms with van der Waals surface area (Å²) in [5, 5.41) is 0. The number of likely N-dealkylation sites (tertiary alicyclic amines) is 1. The van der Waals surface area contributed by atoms with Crippen LogP contribution in [0.1, 0.15) is 38.7 Å². The molecule has 2 atom stereocenters. The average Bonchev–Trinajstić information content (AvgIpc) is 2.26. The molecule has 1 aliphatic rings. The number of nitrogens with one attached hydrogen (secondary N) is 1. The molecule has 0 aromatic heterocycles. The van der Waals surface area contributed by atoms with Crippen molar-refractivity contribution in [1.29, 1.82) is 0 Å². The molecule has 2 heteroatoms. The van der Waals surface area contributed by atoms with Gasteiger partial charge in [0.05, 0.1) is 12.1 Å². The van der Waals surface area contributed by atoms with Crippen LogP contribution in [0, 0.1) is 0 Å². The van der Waals surface area contributed by atoms with E-state index in [0.29, 0.717) is 0 Å². The standard InChI is InChI=1S/C14H22N2/c1-11-4-3-5-12(2)16(11)10-13-6-8-14(15)9-7-13/h6-9,11-12H,3-5,10,15H2,1-2H3/p+1/t11-,12-/m1/s1. The van der Waals surface area contributed by atoms with Crippen LogP contribution in [0.4, 0.5) is 5.69 Å². The van der Waals surface area contributed by atoms with Gasteiger partial charge in [0.15, 0.2) is 0 Å². The summed E-state index contributed by atoms with van der Waals surface area (Å²) >= 11 is 0. The first kappa shape index (κ1) is 11.5. The third-order valence-electron chi connectivity index (χ3n) is 3.93. The number of anilines is 1. The summed E-state index contributed by atoms with van der Waals surface area (Å²) in [5.41, 5.74) is 7.97. The lowest BCUT2D eigenvalue weighted by Gasteiger charge is -2.35. The van der Waals surface area contributed by atoms with Gasteiger partial charge in [0.1, 0.15) is 6.54 Å². The van der Waals surface area contributed by atoms with Crippen LogP contribution in [-0.2, 0) is 6.54 Å². The van der Waals surface area contributed by atoms with Crippen LogP contribution in [0.15, 0.2) is 24.3 Å². The Hall–Kier alpha value is -1.02. The second-order valence-electron chi connectivity index (χ2n) is 5.23. The lowest BCUT2D eigenvalue weighted by atomic mass is 9.97. The number of nitrogen functional groups attached to an aromatic ring is 1. The largest absolute Gasteiger partial charge is 0.399 e. The van der Waals surface area contributed by atoms with E-state index in [9.17, 15) is 0 Å². The van der Waals surface area contributed by atoms with Crippen molar-refractivity contribution in [3.63, 3.8) is 0 Å². The number of nitrogens with two attached hydrogens (primary N) is 1. The third kappa shape index (κ3) is 2.56. The van der Waals surface area contributed by atoms with Crippen molar-refractivity contribution in [1.82, 2.24) is 0 Å². The zero-order valence-electron chi connectivity index (χ0n) is 10.4. The van der Waals surface area contributed by atoms with E-state index in [0.717, 1.165) is 24.3 Å². The SMILES string of the molecule is C[C@@H]1CCC[C@@H](C)[NH+]1Cc1ccc(N)cc1. The predicted molar refractivity (Wildman–Crippen MR) is 68.3 cm³/mol. The molecule has 1 aromatic rings. The molecule has 0 radical (unpaired) electrons. The zero-order valence-corrected chi connectivity index (χ0v) is 10.4. The highest BCUT2D eigenvalue weighted by molar-refractivity contribution is 5.38. The Morgan fingerprint density at radius 1 is 1.12 bits per heavy atom. The molecule has 0 spiro atoms. The summed E-state index contributed by atoms with van der Waals surface area (Å²) < 4.78 is 0. The molecule has 16 heavy (non-hydrogen) atoms. The first-order valence-electron chi connectivity index (χ1n) is 6.37. The van der Waals surface area contributed by atoms with Crippen molar-refractivity contribution in [3.05, 3.63) is 29.8 Å². The Morgan fingerprint density at radius 2 is 1.69 bits per heavy atom. The van der Waals surface area contributed by atoms with E-state index < -0.39 is 0 Å². The molecule has 1 aliphatic heterocycles. The monoisotopic (exact) mass is 219 g/mol. The van der Waals surface area contributed by atoms with Gasteiger partial charge in [0.25, 0.3) is 0 Å². The highest BCUT2D eigenvalue weighted by Crippen LogP contribution is 2.10. The lowest BCUT2D eigenvalue weighted by molar-refractivity contribution is -0.964. The maximum atomic E-state index is 5.71. The van der Waals surface area contributed by atoms with Crippen LogP contribution in [0.3, 0.4) is 0 Å². The minimum atomic E-state index is 0.793. The van der Waals surface area contributed by atoms with Gasteiger partial charge in [0.2, 0.25) is 0 Å². The van der Waals surface area contributed by atoms with Gasteiger partial charge in [0, 0.05) is 11.3 Å². The second-order valence-corrected chi connectivity index (χ2v) is 5.23. The molecule has 0 bridgehead atoms. The van der Waals surface area contributed by atoms with Crippen LogP contribution in [-0.4, -0.2) is 12.1 Å². The van der Waals surface area contributed by atoms with E-state index in [-0.39, 0.29) is 0 Å². The molecule has 1 saturated heterocycles. The Labute approximate surface area is 98.4 Å². The van der Waals surface area contributed by atoms with Gasteiger partial charge in [-0.2, -0.15) is 0 Å². The fourth-order valence-corrected chi connectivity index (χ4v) is 2.81. The molecule has 88 valence electrons. The first-order valence-corrected chi connectivity index (χ1v) is 6.37. The van der Waals surface area contributed by atoms with Gasteiger partial charge in [-0.25, -0.2) is 0 Å². The van der Waals surface area contributed by atoms with Crippen molar-refractivity contribution >= 4 is 5.69 Å². The minimum Gasteiger partial charge on any atom is -0.399 e. The van der Waals surface area contributed by atoms with E-state index in [1.165, 1.54) is 24.8 Å². The summed E-state index contributed by atoms with van der Waals surface area (Å²) in [5.74, 6) is 0. The summed E-state index contributed by atoms with van der Waals surface area (Å²) in [7, 11) is 0. The minimum absolute atomic E-state index is 0.793. The van der Waals surface area contributed by atoms with E-state index in [1.54, 1.807) is 4.90 Å². The van der Waals surface area contributed by atoms with Crippen LogP contribution < -0.4 is 10.6 Å². The van der Waals surface area contributed by atoms with Crippen LogP contribution in [0.2, 0.25) is 0 Å². The smallest absolute Gasteiger partial charge is 0.103 e. The molecular formula is C14H23N2+. The predicted octanol–water partition coefficient (Wildman–Crippen LogP) is 1.61. The average molecular weight is 219 g/mol. The van der Waals surface area contributed by atoms with Crippen molar-refractivity contribution in [3.8, 4) is 0 Å². The van der Waals surface area contributed by atoms with E-state index in [4.69, 9.17) is 5.73 Å². The summed E-state index contributed by atoms with van der Waals surface area (Å²) in [6, 6.07) is 9.93. The van der Waals surface area contributed by atoms with Gasteiger partial charge in [-0.05, 0) is 45.2 Å². The molecular weight excluding hydrogens is 196 g/mol. The van der Waals surface area contributed by atoms with Gasteiger partial charge < -0.3 is 10.6 Å². The van der Waals surface area contributed by atoms with Crippen molar-refractivity contribution < 1.29 is 4.90 Å². The summed E-state index contributed by atoms with van der Waals surface area (Å²) in [4.78, 5) is 1.73. The maximum absolute atomic E-state index is 5.71. The Bertz CT molecular complexity index is 321. The van der Waals surface area contributed by atoms with Gasteiger partial charge in [-0.3, -0.25) is 0 Å². The fraction of sp³-hybridized carbons (Fsp3) is 0.571. The lowest BCUT2D eigenvalue weighted by Crippen LogP contribution is -3.18. The quantitative estimate of drug-likeness (QED) is 0.727. The van der Waals surface area contributed by atoms with Crippen LogP contribution in [0.25, 0.3) is 0 Å². The summed E-state index contributed by atoms with van der Waals surface area (Å²) in [6.07, 6.45) is 4.14. The number of benzene rings is 1. The Kier molecular flexibility index (Phi) is 3.49. The molecule has 0 aliphatic carbocycles. The maximum Gasteiger partial charge on any atom is 0.103 e. The fourth-order valence-electron chi connectivity index (χ4n) is 2.81. The topological polar surface area (TPSA) is 30.5 Å². The molecule has 0 amide bonds. The molecule has 0 saturated carbocycles. The second kappa shape index (κ2) is 4.88. The zero-order chi connectivity index (χ0) is 11.5. The van der Waals surface area contributed by atoms with E-state index in [1.807, 2.05) is 12.1 Å². The van der Waals surface area contributed by atoms with Gasteiger partial charge in [-0.15, -0.1) is 0 Å². The molecule has 3 N–H and O–H groups in total. The molecule has 1 fully saturated rings. The van der Waals surface area contributed by atoms with E-state index >= 15 is 0 Å². The number of piperidine rings is 1. The molecule has 1 aromatic carbocycles. The number of hydrogen-bond donors (Lipinski definition) is 2. The van der Waals surface area contributed by atoms with Crippen molar-refractivity contribution in [2.45, 2.75) is 51.7 Å². The summed E-state index contributed by atoms with van der Waals surface area (Å²) in [6.45, 7) is 5.90. The highest BCUT2D eigenvalue weighted by Gasteiger charge is 2.28. The van der Waals surface area contributed by atoms with Crippen molar-refractivity contribution in [2.75, 3.05) is 5.73 Å². The normalized spacial score (nSPS) is 26.9. The number of rotatable bonds is 2. The number of quaternary nitrogens is 1. The van der Waals surface area contributed by atoms with Crippen molar-refractivity contribution in [2.24, 2.45) is 0 Å². The molecule has 2 rings (SSSR count). The Morgan fingerprint density at radius 3 is 2.25 bits per heavy atom. The first-order chi connectivity index (χ1) is 7.66. The molecule has 1 heterocycles. The highest BCUT2D eigenvalue weighted by atomic mass is 15.2. The van der Waals surface area contributed by atoms with Crippen LogP contribution in [0.5, 0.6) is 0 Å².